The van der Waals surface area contributed by atoms with Crippen molar-refractivity contribution < 1.29 is 22.8 Å². The molecule has 2 heterocycles. The summed E-state index contributed by atoms with van der Waals surface area (Å²) in [6, 6.07) is 5.10. The summed E-state index contributed by atoms with van der Waals surface area (Å²) in [5.41, 5.74) is 0.866. The van der Waals surface area contributed by atoms with E-state index in [0.29, 0.717) is 24.5 Å². The number of benzene rings is 1. The summed E-state index contributed by atoms with van der Waals surface area (Å²) < 4.78 is 35.6. The van der Waals surface area contributed by atoms with E-state index in [9.17, 15) is 13.6 Å². The Morgan fingerprint density at radius 3 is 2.69 bits per heavy atom. The summed E-state index contributed by atoms with van der Waals surface area (Å²) in [7, 11) is 0. The van der Waals surface area contributed by atoms with Gasteiger partial charge in [-0.2, -0.15) is 13.8 Å². The third kappa shape index (κ3) is 3.54. The van der Waals surface area contributed by atoms with Crippen LogP contribution in [0.5, 0.6) is 5.75 Å². The summed E-state index contributed by atoms with van der Waals surface area (Å²) >= 11 is 0. The molecule has 0 spiro atoms. The molecular weight excluding hydrogens is 344 g/mol. The van der Waals surface area contributed by atoms with Crippen LogP contribution < -0.4 is 4.74 Å². The number of hydrogen-bond donors (Lipinski definition) is 0. The molecule has 2 aromatic rings. The fourth-order valence-corrected chi connectivity index (χ4v) is 2.74. The first-order chi connectivity index (χ1) is 12.2. The molecule has 1 atom stereocenters. The number of fused-ring (bicyclic) bond motifs is 1. The lowest BCUT2D eigenvalue weighted by atomic mass is 9.93. The van der Waals surface area contributed by atoms with Crippen LogP contribution in [-0.2, 0) is 11.3 Å². The van der Waals surface area contributed by atoms with Gasteiger partial charge in [0.1, 0.15) is 12.4 Å². The van der Waals surface area contributed by atoms with Gasteiger partial charge in [0, 0.05) is 23.1 Å². The first-order valence-electron chi connectivity index (χ1n) is 8.35. The Kier molecular flexibility index (Phi) is 4.68. The van der Waals surface area contributed by atoms with Crippen LogP contribution in [0.1, 0.15) is 45.6 Å². The molecule has 1 aromatic carbocycles. The van der Waals surface area contributed by atoms with Crippen LogP contribution in [0.15, 0.2) is 22.7 Å². The van der Waals surface area contributed by atoms with Crippen LogP contribution in [0.3, 0.4) is 0 Å². The largest absolute Gasteiger partial charge is 0.491 e. The minimum atomic E-state index is -2.81. The van der Waals surface area contributed by atoms with Gasteiger partial charge < -0.3 is 14.2 Å². The van der Waals surface area contributed by atoms with Crippen LogP contribution in [-0.4, -0.2) is 33.6 Å². The summed E-state index contributed by atoms with van der Waals surface area (Å²) in [4.78, 5) is 18.2. The number of amides is 1. The van der Waals surface area contributed by atoms with Crippen molar-refractivity contribution in [3.8, 4) is 17.1 Å². The maximum Gasteiger partial charge on any atom is 0.315 e. The standard InChI is InChI=1S/C18H21F2N3O3/c1-10-9-25-13-7-11(15-21-16(14(19)20)26-22-15)5-6-12(13)8-23(10)17(24)18(2,3)4/h5-7,10,14H,8-9H2,1-4H3/t10-/m0/s1. The van der Waals surface area contributed by atoms with Crippen LogP contribution >= 0.6 is 0 Å². The Labute approximate surface area is 150 Å². The molecule has 0 unspecified atom stereocenters. The molecule has 1 amide bonds. The molecule has 3 rings (SSSR count). The third-order valence-electron chi connectivity index (χ3n) is 4.21. The monoisotopic (exact) mass is 365 g/mol. The second kappa shape index (κ2) is 6.66. The first-order valence-corrected chi connectivity index (χ1v) is 8.35. The summed E-state index contributed by atoms with van der Waals surface area (Å²) in [5.74, 6) is -0.00900. The fourth-order valence-electron chi connectivity index (χ4n) is 2.74. The highest BCUT2D eigenvalue weighted by Gasteiger charge is 2.33. The molecule has 0 fully saturated rings. The SMILES string of the molecule is C[C@H]1COc2cc(-c3noc(C(F)F)n3)ccc2CN1C(=O)C(C)(C)C. The smallest absolute Gasteiger partial charge is 0.315 e. The molecule has 0 saturated carbocycles. The zero-order valence-corrected chi connectivity index (χ0v) is 15.1. The predicted octanol–water partition coefficient (Wildman–Crippen LogP) is 3.83. The van der Waals surface area contributed by atoms with Gasteiger partial charge in [-0.25, -0.2) is 0 Å². The van der Waals surface area contributed by atoms with Crippen molar-refractivity contribution in [1.82, 2.24) is 15.0 Å². The Balaban J connectivity index is 1.90. The van der Waals surface area contributed by atoms with Crippen molar-refractivity contribution in [2.45, 2.75) is 46.7 Å². The number of nitrogens with zero attached hydrogens (tertiary/aromatic N) is 3. The molecule has 0 N–H and O–H groups in total. The van der Waals surface area contributed by atoms with E-state index >= 15 is 0 Å². The molecule has 6 nitrogen and oxygen atoms in total. The highest BCUT2D eigenvalue weighted by atomic mass is 19.3. The van der Waals surface area contributed by atoms with Gasteiger partial charge in [0.15, 0.2) is 0 Å². The molecule has 140 valence electrons. The lowest BCUT2D eigenvalue weighted by Crippen LogP contribution is -2.45. The number of carbonyl (C=O) groups excluding carboxylic acids is 1. The lowest BCUT2D eigenvalue weighted by Gasteiger charge is -2.32. The second-order valence-corrected chi connectivity index (χ2v) is 7.42. The van der Waals surface area contributed by atoms with Crippen molar-refractivity contribution in [3.63, 3.8) is 0 Å². The van der Waals surface area contributed by atoms with Crippen molar-refractivity contribution >= 4 is 5.91 Å². The van der Waals surface area contributed by atoms with Gasteiger partial charge in [-0.1, -0.05) is 38.1 Å². The number of carbonyl (C=O) groups is 1. The zero-order valence-electron chi connectivity index (χ0n) is 15.1. The van der Waals surface area contributed by atoms with Crippen molar-refractivity contribution in [1.29, 1.82) is 0 Å². The van der Waals surface area contributed by atoms with Gasteiger partial charge in [0.05, 0.1) is 6.04 Å². The van der Waals surface area contributed by atoms with E-state index < -0.39 is 17.7 Å². The minimum Gasteiger partial charge on any atom is -0.491 e. The highest BCUT2D eigenvalue weighted by Crippen LogP contribution is 2.32. The average molecular weight is 365 g/mol. The Bertz CT molecular complexity index is 814. The lowest BCUT2D eigenvalue weighted by molar-refractivity contribution is -0.142. The average Bonchev–Trinajstić information content (AvgIpc) is 3.01. The van der Waals surface area contributed by atoms with Crippen molar-refractivity contribution in [2.24, 2.45) is 5.41 Å². The number of ether oxygens (including phenoxy) is 1. The van der Waals surface area contributed by atoms with E-state index in [0.717, 1.165) is 5.56 Å². The fraction of sp³-hybridized carbons (Fsp3) is 0.500. The van der Waals surface area contributed by atoms with Crippen LogP contribution in [0.25, 0.3) is 11.4 Å². The maximum absolute atomic E-state index is 12.7. The van der Waals surface area contributed by atoms with E-state index in [-0.39, 0.29) is 17.8 Å². The van der Waals surface area contributed by atoms with Gasteiger partial charge in [0.25, 0.3) is 5.89 Å². The number of rotatable bonds is 2. The third-order valence-corrected chi connectivity index (χ3v) is 4.21. The van der Waals surface area contributed by atoms with E-state index in [1.165, 1.54) is 0 Å². The molecule has 1 aliphatic heterocycles. The van der Waals surface area contributed by atoms with E-state index in [1.807, 2.05) is 27.7 Å². The van der Waals surface area contributed by atoms with Crippen LogP contribution in [0, 0.1) is 5.41 Å². The number of alkyl halides is 2. The second-order valence-electron chi connectivity index (χ2n) is 7.42. The molecule has 0 aliphatic carbocycles. The van der Waals surface area contributed by atoms with Gasteiger partial charge >= 0.3 is 6.43 Å². The first kappa shape index (κ1) is 18.3. The summed E-state index contributed by atoms with van der Waals surface area (Å²) in [5, 5.41) is 3.58. The van der Waals surface area contributed by atoms with E-state index in [2.05, 4.69) is 14.7 Å². The molecule has 8 heteroatoms. The molecule has 26 heavy (non-hydrogen) atoms. The normalized spacial score (nSPS) is 17.7. The van der Waals surface area contributed by atoms with E-state index in [4.69, 9.17) is 4.74 Å². The predicted molar refractivity (Wildman–Crippen MR) is 89.7 cm³/mol. The molecule has 0 radical (unpaired) electrons. The van der Waals surface area contributed by atoms with E-state index in [1.54, 1.807) is 23.1 Å². The summed E-state index contributed by atoms with van der Waals surface area (Å²) in [6.45, 7) is 8.34. The van der Waals surface area contributed by atoms with Gasteiger partial charge in [-0.3, -0.25) is 4.79 Å². The quantitative estimate of drug-likeness (QED) is 0.809. The van der Waals surface area contributed by atoms with Gasteiger partial charge in [0.2, 0.25) is 11.7 Å². The highest BCUT2D eigenvalue weighted by molar-refractivity contribution is 5.82. The minimum absolute atomic E-state index is 0.0465. The number of hydrogen-bond acceptors (Lipinski definition) is 5. The van der Waals surface area contributed by atoms with Gasteiger partial charge in [-0.05, 0) is 13.0 Å². The molecule has 0 saturated heterocycles. The topological polar surface area (TPSA) is 68.5 Å². The molecule has 1 aliphatic rings. The van der Waals surface area contributed by atoms with Crippen molar-refractivity contribution in [2.75, 3.05) is 6.61 Å². The summed E-state index contributed by atoms with van der Waals surface area (Å²) in [6.07, 6.45) is -2.81. The van der Waals surface area contributed by atoms with Crippen LogP contribution in [0.2, 0.25) is 0 Å². The molecule has 1 aromatic heterocycles. The maximum atomic E-state index is 12.7. The molecule has 0 bridgehead atoms. The van der Waals surface area contributed by atoms with Crippen LogP contribution in [0.4, 0.5) is 8.78 Å². The van der Waals surface area contributed by atoms with Gasteiger partial charge in [-0.15, -0.1) is 0 Å². The van der Waals surface area contributed by atoms with Crippen molar-refractivity contribution in [3.05, 3.63) is 29.7 Å². The number of halogens is 2. The molecular formula is C18H21F2N3O3. The number of aromatic nitrogens is 2. The Morgan fingerprint density at radius 1 is 1.35 bits per heavy atom. The zero-order chi connectivity index (χ0) is 19.1. The Hall–Kier alpha value is -2.51. The Morgan fingerprint density at radius 2 is 2.08 bits per heavy atom.